The monoisotopic (exact) mass is 309 g/mol. The summed E-state index contributed by atoms with van der Waals surface area (Å²) in [4.78, 5) is 15.3. The van der Waals surface area contributed by atoms with Crippen molar-refractivity contribution in [1.82, 2.24) is 15.5 Å². The molecule has 0 aromatic carbocycles. The molecule has 1 amide bonds. The van der Waals surface area contributed by atoms with E-state index in [2.05, 4.69) is 15.5 Å². The molecule has 0 radical (unpaired) electrons. The number of hydrogen-bond acceptors (Lipinski definition) is 4. The largest absolute Gasteiger partial charge is 0.368 e. The maximum absolute atomic E-state index is 12.7. The van der Waals surface area contributed by atoms with Gasteiger partial charge in [0.15, 0.2) is 0 Å². The van der Waals surface area contributed by atoms with Crippen LogP contribution in [0.1, 0.15) is 51.4 Å². The molecule has 2 saturated heterocycles. The second-order valence-corrected chi connectivity index (χ2v) is 7.17. The molecule has 3 aliphatic rings. The van der Waals surface area contributed by atoms with Crippen LogP contribution in [-0.4, -0.2) is 61.8 Å². The van der Waals surface area contributed by atoms with Gasteiger partial charge in [-0.1, -0.05) is 12.8 Å². The van der Waals surface area contributed by atoms with Gasteiger partial charge in [-0.05, 0) is 51.6 Å². The maximum atomic E-state index is 12.7. The fourth-order valence-corrected chi connectivity index (χ4v) is 4.35. The number of rotatable bonds is 4. The molecule has 3 fully saturated rings. The lowest BCUT2D eigenvalue weighted by atomic mass is 9.90. The van der Waals surface area contributed by atoms with Gasteiger partial charge in [0.1, 0.15) is 5.60 Å². The number of methoxy groups -OCH3 is 1. The van der Waals surface area contributed by atoms with Crippen LogP contribution in [0, 0.1) is 0 Å². The van der Waals surface area contributed by atoms with Crippen LogP contribution in [-0.2, 0) is 9.53 Å². The van der Waals surface area contributed by atoms with Crippen LogP contribution in [0.3, 0.4) is 0 Å². The highest BCUT2D eigenvalue weighted by molar-refractivity contribution is 5.85. The third-order valence-corrected chi connectivity index (χ3v) is 5.92. The topological polar surface area (TPSA) is 53.6 Å². The van der Waals surface area contributed by atoms with Gasteiger partial charge in [0.25, 0.3) is 5.91 Å². The first-order chi connectivity index (χ1) is 10.7. The molecule has 5 heteroatoms. The molecule has 0 unspecified atom stereocenters. The molecule has 126 valence electrons. The van der Waals surface area contributed by atoms with Crippen molar-refractivity contribution in [1.29, 1.82) is 0 Å². The maximum Gasteiger partial charge on any atom is 0.252 e. The third kappa shape index (κ3) is 3.47. The number of ether oxygens (including phenoxy) is 1. The highest BCUT2D eigenvalue weighted by Crippen LogP contribution is 2.27. The molecule has 5 nitrogen and oxygen atoms in total. The summed E-state index contributed by atoms with van der Waals surface area (Å²) in [7, 11) is 1.67. The van der Waals surface area contributed by atoms with E-state index >= 15 is 0 Å². The highest BCUT2D eigenvalue weighted by Gasteiger charge is 2.40. The minimum atomic E-state index is -0.603. The molecule has 1 saturated carbocycles. The highest BCUT2D eigenvalue weighted by atomic mass is 16.5. The minimum Gasteiger partial charge on any atom is -0.368 e. The lowest BCUT2D eigenvalue weighted by molar-refractivity contribution is -0.147. The number of nitrogens with zero attached hydrogens (tertiary/aromatic N) is 1. The van der Waals surface area contributed by atoms with E-state index in [0.29, 0.717) is 6.04 Å². The van der Waals surface area contributed by atoms with Crippen LogP contribution < -0.4 is 10.6 Å². The summed E-state index contributed by atoms with van der Waals surface area (Å²) >= 11 is 0. The summed E-state index contributed by atoms with van der Waals surface area (Å²) in [5.74, 6) is 0.107. The summed E-state index contributed by atoms with van der Waals surface area (Å²) < 4.78 is 5.62. The molecular weight excluding hydrogens is 278 g/mol. The zero-order valence-corrected chi connectivity index (χ0v) is 13.9. The number of carbonyl (C=O) groups is 1. The van der Waals surface area contributed by atoms with E-state index in [1.807, 2.05) is 0 Å². The van der Waals surface area contributed by atoms with Crippen molar-refractivity contribution >= 4 is 5.91 Å². The van der Waals surface area contributed by atoms with Crippen LogP contribution in [0.25, 0.3) is 0 Å². The number of hydrogen-bond donors (Lipinski definition) is 2. The van der Waals surface area contributed by atoms with Gasteiger partial charge in [-0.3, -0.25) is 4.79 Å². The average molecular weight is 309 g/mol. The van der Waals surface area contributed by atoms with Crippen LogP contribution in [0.4, 0.5) is 0 Å². The summed E-state index contributed by atoms with van der Waals surface area (Å²) in [6.45, 7) is 4.00. The summed E-state index contributed by atoms with van der Waals surface area (Å²) in [5.41, 5.74) is -0.603. The van der Waals surface area contributed by atoms with E-state index < -0.39 is 5.60 Å². The second-order valence-electron chi connectivity index (χ2n) is 7.17. The van der Waals surface area contributed by atoms with Gasteiger partial charge in [-0.15, -0.1) is 0 Å². The lowest BCUT2D eigenvalue weighted by Gasteiger charge is -2.39. The molecule has 0 atom stereocenters. The second kappa shape index (κ2) is 7.28. The Labute approximate surface area is 134 Å². The van der Waals surface area contributed by atoms with Crippen molar-refractivity contribution < 1.29 is 9.53 Å². The van der Waals surface area contributed by atoms with Gasteiger partial charge in [-0.2, -0.15) is 0 Å². The van der Waals surface area contributed by atoms with Crippen molar-refractivity contribution in [2.45, 2.75) is 69.1 Å². The van der Waals surface area contributed by atoms with Gasteiger partial charge in [0.05, 0.1) is 0 Å². The zero-order valence-electron chi connectivity index (χ0n) is 13.9. The summed E-state index contributed by atoms with van der Waals surface area (Å²) in [6.07, 6.45) is 9.25. The Morgan fingerprint density at radius 3 is 2.36 bits per heavy atom. The molecule has 2 N–H and O–H groups in total. The molecule has 0 spiro atoms. The fraction of sp³-hybridized carbons (Fsp3) is 0.941. The Kier molecular flexibility index (Phi) is 5.37. The predicted octanol–water partition coefficient (Wildman–Crippen LogP) is 1.28. The van der Waals surface area contributed by atoms with Gasteiger partial charge in [0, 0.05) is 32.3 Å². The number of nitrogens with one attached hydrogen (secondary N) is 2. The van der Waals surface area contributed by atoms with Crippen molar-refractivity contribution in [3.63, 3.8) is 0 Å². The fourth-order valence-electron chi connectivity index (χ4n) is 4.35. The Morgan fingerprint density at radius 1 is 1.14 bits per heavy atom. The Bertz CT molecular complexity index is 368. The predicted molar refractivity (Wildman–Crippen MR) is 86.8 cm³/mol. The summed E-state index contributed by atoms with van der Waals surface area (Å²) in [5, 5.41) is 6.58. The molecular formula is C17H31N3O2. The van der Waals surface area contributed by atoms with Gasteiger partial charge < -0.3 is 20.3 Å². The van der Waals surface area contributed by atoms with Crippen LogP contribution >= 0.6 is 0 Å². The molecule has 1 aliphatic carbocycles. The van der Waals surface area contributed by atoms with Gasteiger partial charge >= 0.3 is 0 Å². The number of likely N-dealkylation sites (tertiary alicyclic amines) is 1. The molecule has 22 heavy (non-hydrogen) atoms. The normalized spacial score (nSPS) is 27.9. The van der Waals surface area contributed by atoms with Crippen LogP contribution in [0.2, 0.25) is 0 Å². The molecule has 0 aromatic heterocycles. The van der Waals surface area contributed by atoms with Crippen LogP contribution in [0.5, 0.6) is 0 Å². The molecule has 0 aromatic rings. The molecule has 3 rings (SSSR count). The number of carbonyl (C=O) groups excluding carboxylic acids is 1. The van der Waals surface area contributed by atoms with E-state index in [1.54, 1.807) is 7.11 Å². The third-order valence-electron chi connectivity index (χ3n) is 5.92. The lowest BCUT2D eigenvalue weighted by Crippen LogP contribution is -2.57. The standard InChI is InChI=1S/C17H31N3O2/c1-22-17(8-10-18-11-9-17)16(21)19-14-6-12-20(13-7-14)15-4-2-3-5-15/h14-15,18H,2-13H2,1H3,(H,19,21). The first kappa shape index (κ1) is 16.2. The smallest absolute Gasteiger partial charge is 0.252 e. The summed E-state index contributed by atoms with van der Waals surface area (Å²) in [6, 6.07) is 1.14. The van der Waals surface area contributed by atoms with E-state index in [9.17, 15) is 4.79 Å². The molecule has 2 heterocycles. The van der Waals surface area contributed by atoms with Crippen LogP contribution in [0.15, 0.2) is 0 Å². The van der Waals surface area contributed by atoms with Crippen molar-refractivity contribution in [2.24, 2.45) is 0 Å². The van der Waals surface area contributed by atoms with Gasteiger partial charge in [0.2, 0.25) is 0 Å². The molecule has 0 bridgehead atoms. The SMILES string of the molecule is COC1(C(=O)NC2CCN(C3CCCC3)CC2)CCNCC1. The van der Waals surface area contributed by atoms with E-state index in [0.717, 1.165) is 57.9 Å². The van der Waals surface area contributed by atoms with Crippen molar-refractivity contribution in [3.8, 4) is 0 Å². The van der Waals surface area contributed by atoms with E-state index in [4.69, 9.17) is 4.74 Å². The Balaban J connectivity index is 1.48. The van der Waals surface area contributed by atoms with Gasteiger partial charge in [-0.25, -0.2) is 0 Å². The minimum absolute atomic E-state index is 0.107. The molecule has 2 aliphatic heterocycles. The first-order valence-corrected chi connectivity index (χ1v) is 9.04. The van der Waals surface area contributed by atoms with E-state index in [1.165, 1.54) is 25.7 Å². The first-order valence-electron chi connectivity index (χ1n) is 9.04. The number of piperidine rings is 2. The Hall–Kier alpha value is -0.650. The van der Waals surface area contributed by atoms with Crippen molar-refractivity contribution in [3.05, 3.63) is 0 Å². The van der Waals surface area contributed by atoms with Crippen molar-refractivity contribution in [2.75, 3.05) is 33.3 Å². The Morgan fingerprint density at radius 2 is 1.77 bits per heavy atom. The quantitative estimate of drug-likeness (QED) is 0.821. The van der Waals surface area contributed by atoms with E-state index in [-0.39, 0.29) is 5.91 Å². The number of amides is 1. The average Bonchev–Trinajstić information content (AvgIpc) is 3.10. The zero-order chi connectivity index (χ0) is 15.4.